The summed E-state index contributed by atoms with van der Waals surface area (Å²) in [7, 11) is 1.86. The molecular formula is C15H16BrN3O. The fraction of sp³-hybridized carbons (Fsp3) is 0.267. The molecule has 5 heteroatoms. The molecule has 0 spiro atoms. The van der Waals surface area contributed by atoms with Crippen molar-refractivity contribution < 1.29 is 4.79 Å². The van der Waals surface area contributed by atoms with Crippen molar-refractivity contribution in [2.45, 2.75) is 13.0 Å². The first-order valence-electron chi connectivity index (χ1n) is 6.60. The third-order valence-electron chi connectivity index (χ3n) is 3.60. The molecule has 1 aromatic heterocycles. The van der Waals surface area contributed by atoms with Gasteiger partial charge in [0.2, 0.25) is 0 Å². The van der Waals surface area contributed by atoms with E-state index in [1.54, 1.807) is 0 Å². The maximum absolute atomic E-state index is 12.4. The Morgan fingerprint density at radius 3 is 3.05 bits per heavy atom. The molecule has 0 saturated carbocycles. The molecular weight excluding hydrogens is 318 g/mol. The number of carbonyl (C=O) groups is 1. The average molecular weight is 334 g/mol. The Morgan fingerprint density at radius 1 is 1.45 bits per heavy atom. The summed E-state index contributed by atoms with van der Waals surface area (Å²) in [5, 5.41) is 6.37. The van der Waals surface area contributed by atoms with E-state index in [1.165, 1.54) is 11.1 Å². The second-order valence-electron chi connectivity index (χ2n) is 4.98. The van der Waals surface area contributed by atoms with Crippen LogP contribution in [-0.4, -0.2) is 17.0 Å². The van der Waals surface area contributed by atoms with Crippen LogP contribution in [0, 0.1) is 0 Å². The highest BCUT2D eigenvalue weighted by Crippen LogP contribution is 2.24. The SMILES string of the molecule is Cn1cc(Br)cc1C(=O)Nc1cccc2c1CNCC2. The van der Waals surface area contributed by atoms with Gasteiger partial charge in [-0.15, -0.1) is 0 Å². The molecule has 2 N–H and O–H groups in total. The number of aromatic nitrogens is 1. The summed E-state index contributed by atoms with van der Waals surface area (Å²) in [6, 6.07) is 7.91. The predicted octanol–water partition coefficient (Wildman–Crippen LogP) is 2.69. The second kappa shape index (κ2) is 5.42. The molecule has 0 bridgehead atoms. The summed E-state index contributed by atoms with van der Waals surface area (Å²) < 4.78 is 2.72. The number of hydrogen-bond acceptors (Lipinski definition) is 2. The first kappa shape index (κ1) is 13.4. The van der Waals surface area contributed by atoms with Gasteiger partial charge >= 0.3 is 0 Å². The zero-order valence-electron chi connectivity index (χ0n) is 11.2. The fourth-order valence-corrected chi connectivity index (χ4v) is 3.09. The second-order valence-corrected chi connectivity index (χ2v) is 5.89. The van der Waals surface area contributed by atoms with Gasteiger partial charge in [-0.3, -0.25) is 4.79 Å². The smallest absolute Gasteiger partial charge is 0.272 e. The van der Waals surface area contributed by atoms with Crippen LogP contribution in [0.15, 0.2) is 34.9 Å². The zero-order valence-corrected chi connectivity index (χ0v) is 12.8. The number of carbonyl (C=O) groups excluding carboxylic acids is 1. The number of nitrogens with zero attached hydrogens (tertiary/aromatic N) is 1. The Morgan fingerprint density at radius 2 is 2.30 bits per heavy atom. The minimum atomic E-state index is -0.0860. The monoisotopic (exact) mass is 333 g/mol. The first-order chi connectivity index (χ1) is 9.65. The summed E-state index contributed by atoms with van der Waals surface area (Å²) in [5.41, 5.74) is 4.05. The number of anilines is 1. The number of benzene rings is 1. The summed E-state index contributed by atoms with van der Waals surface area (Å²) in [6.45, 7) is 1.80. The van der Waals surface area contributed by atoms with Crippen LogP contribution in [0.25, 0.3) is 0 Å². The molecule has 0 radical (unpaired) electrons. The molecule has 0 fully saturated rings. The molecule has 1 aliphatic heterocycles. The molecule has 0 atom stereocenters. The van der Waals surface area contributed by atoms with Crippen molar-refractivity contribution in [1.29, 1.82) is 0 Å². The van der Waals surface area contributed by atoms with Crippen LogP contribution in [-0.2, 0) is 20.0 Å². The van der Waals surface area contributed by atoms with E-state index in [1.807, 2.05) is 36.0 Å². The van der Waals surface area contributed by atoms with Crippen molar-refractivity contribution >= 4 is 27.5 Å². The quantitative estimate of drug-likeness (QED) is 0.887. The van der Waals surface area contributed by atoms with Crippen molar-refractivity contribution in [1.82, 2.24) is 9.88 Å². The van der Waals surface area contributed by atoms with E-state index in [-0.39, 0.29) is 5.91 Å². The maximum atomic E-state index is 12.4. The van der Waals surface area contributed by atoms with Crippen LogP contribution >= 0.6 is 15.9 Å². The van der Waals surface area contributed by atoms with Crippen molar-refractivity contribution in [3.05, 3.63) is 51.8 Å². The predicted molar refractivity (Wildman–Crippen MR) is 82.9 cm³/mol. The highest BCUT2D eigenvalue weighted by Gasteiger charge is 2.16. The normalized spacial score (nSPS) is 13.9. The van der Waals surface area contributed by atoms with Crippen molar-refractivity contribution in [3.8, 4) is 0 Å². The Balaban J connectivity index is 1.88. The molecule has 4 nitrogen and oxygen atoms in total. The molecule has 0 aliphatic carbocycles. The lowest BCUT2D eigenvalue weighted by Crippen LogP contribution is -2.25. The molecule has 3 rings (SSSR count). The van der Waals surface area contributed by atoms with E-state index in [4.69, 9.17) is 0 Å². The lowest BCUT2D eigenvalue weighted by Gasteiger charge is -2.20. The van der Waals surface area contributed by atoms with Crippen LogP contribution < -0.4 is 10.6 Å². The van der Waals surface area contributed by atoms with Gasteiger partial charge in [0.05, 0.1) is 0 Å². The number of hydrogen-bond donors (Lipinski definition) is 2. The van der Waals surface area contributed by atoms with Gasteiger partial charge in [0.15, 0.2) is 0 Å². The lowest BCUT2D eigenvalue weighted by atomic mass is 9.99. The topological polar surface area (TPSA) is 46.1 Å². The minimum absolute atomic E-state index is 0.0860. The molecule has 1 aliphatic rings. The third kappa shape index (κ3) is 2.51. The van der Waals surface area contributed by atoms with Gasteiger partial charge in [-0.05, 0) is 52.2 Å². The van der Waals surface area contributed by atoms with Gasteiger partial charge in [0.25, 0.3) is 5.91 Å². The maximum Gasteiger partial charge on any atom is 0.272 e. The van der Waals surface area contributed by atoms with Crippen molar-refractivity contribution in [2.75, 3.05) is 11.9 Å². The van der Waals surface area contributed by atoms with Gasteiger partial charge in [0, 0.05) is 29.9 Å². The van der Waals surface area contributed by atoms with Crippen LogP contribution in [0.2, 0.25) is 0 Å². The Bertz CT molecular complexity index is 663. The van der Waals surface area contributed by atoms with E-state index in [9.17, 15) is 4.79 Å². The Kier molecular flexibility index (Phi) is 3.63. The summed E-state index contributed by atoms with van der Waals surface area (Å²) in [4.78, 5) is 12.4. The molecule has 1 amide bonds. The van der Waals surface area contributed by atoms with E-state index in [0.29, 0.717) is 5.69 Å². The van der Waals surface area contributed by atoms with Crippen LogP contribution in [0.1, 0.15) is 21.6 Å². The number of aryl methyl sites for hydroxylation is 1. The Hall–Kier alpha value is -1.59. The van der Waals surface area contributed by atoms with Gasteiger partial charge in [-0.2, -0.15) is 0 Å². The van der Waals surface area contributed by atoms with Gasteiger partial charge in [0.1, 0.15) is 5.69 Å². The average Bonchev–Trinajstić information content (AvgIpc) is 2.78. The molecule has 2 aromatic rings. The van der Waals surface area contributed by atoms with E-state index >= 15 is 0 Å². The van der Waals surface area contributed by atoms with Crippen molar-refractivity contribution in [3.63, 3.8) is 0 Å². The summed E-state index contributed by atoms with van der Waals surface area (Å²) >= 11 is 3.39. The van der Waals surface area contributed by atoms with Crippen LogP contribution in [0.5, 0.6) is 0 Å². The first-order valence-corrected chi connectivity index (χ1v) is 7.39. The van der Waals surface area contributed by atoms with Gasteiger partial charge in [-0.25, -0.2) is 0 Å². The lowest BCUT2D eigenvalue weighted by molar-refractivity contribution is 0.101. The van der Waals surface area contributed by atoms with E-state index in [2.05, 4.69) is 32.6 Å². The number of nitrogens with one attached hydrogen (secondary N) is 2. The third-order valence-corrected chi connectivity index (χ3v) is 4.03. The number of rotatable bonds is 2. The van der Waals surface area contributed by atoms with Gasteiger partial charge in [-0.1, -0.05) is 12.1 Å². The van der Waals surface area contributed by atoms with Crippen LogP contribution in [0.4, 0.5) is 5.69 Å². The number of amides is 1. The molecule has 104 valence electrons. The minimum Gasteiger partial charge on any atom is -0.345 e. The van der Waals surface area contributed by atoms with Gasteiger partial charge < -0.3 is 15.2 Å². The van der Waals surface area contributed by atoms with Crippen LogP contribution in [0.3, 0.4) is 0 Å². The van der Waals surface area contributed by atoms with E-state index in [0.717, 1.165) is 29.7 Å². The standard InChI is InChI=1S/C15H16BrN3O/c1-19-9-11(16)7-14(19)15(20)18-13-4-2-3-10-5-6-17-8-12(10)13/h2-4,7,9,17H,5-6,8H2,1H3,(H,18,20). The molecule has 0 unspecified atom stereocenters. The largest absolute Gasteiger partial charge is 0.345 e. The number of fused-ring (bicyclic) bond motifs is 1. The van der Waals surface area contributed by atoms with Crippen molar-refractivity contribution in [2.24, 2.45) is 7.05 Å². The highest BCUT2D eigenvalue weighted by atomic mass is 79.9. The molecule has 2 heterocycles. The highest BCUT2D eigenvalue weighted by molar-refractivity contribution is 9.10. The molecule has 0 saturated heterocycles. The number of halogens is 1. The zero-order chi connectivity index (χ0) is 14.1. The summed E-state index contributed by atoms with van der Waals surface area (Å²) in [6.07, 6.45) is 2.88. The molecule has 1 aromatic carbocycles. The summed E-state index contributed by atoms with van der Waals surface area (Å²) in [5.74, 6) is -0.0860. The van der Waals surface area contributed by atoms with E-state index < -0.39 is 0 Å². The fourth-order valence-electron chi connectivity index (χ4n) is 2.57. The Labute approximate surface area is 126 Å². The molecule has 20 heavy (non-hydrogen) atoms.